The molecule has 0 fully saturated rings. The Bertz CT molecular complexity index is 3220. The van der Waals surface area contributed by atoms with Gasteiger partial charge >= 0.3 is 0 Å². The smallest absolute Gasteiger partial charge is 0.238 e. The summed E-state index contributed by atoms with van der Waals surface area (Å²) in [6, 6.07) is 67.5. The lowest BCUT2D eigenvalue weighted by Crippen LogP contribution is -2.06. The predicted octanol–water partition coefficient (Wildman–Crippen LogP) is 13.2. The maximum absolute atomic E-state index is 6.52. The molecule has 11 aromatic rings. The van der Waals surface area contributed by atoms with E-state index in [2.05, 4.69) is 156 Å². The fourth-order valence-corrected chi connectivity index (χ4v) is 7.88. The van der Waals surface area contributed by atoms with Crippen molar-refractivity contribution in [1.29, 1.82) is 0 Å². The van der Waals surface area contributed by atoms with Crippen molar-refractivity contribution in [2.24, 2.45) is 0 Å². The van der Waals surface area contributed by atoms with Crippen LogP contribution in [0, 0.1) is 0 Å². The van der Waals surface area contributed by atoms with E-state index in [1.54, 1.807) is 0 Å². The number of hydrogen-bond donors (Lipinski definition) is 0. The van der Waals surface area contributed by atoms with Gasteiger partial charge in [-0.3, -0.25) is 4.57 Å². The summed E-state index contributed by atoms with van der Waals surface area (Å²) < 4.78 is 8.69. The van der Waals surface area contributed by atoms with E-state index in [4.69, 9.17) is 19.4 Å². The molecule has 0 atom stereocenters. The number of rotatable bonds is 6. The fourth-order valence-electron chi connectivity index (χ4n) is 7.88. The highest BCUT2D eigenvalue weighted by atomic mass is 16.3. The minimum Gasteiger partial charge on any atom is -0.456 e. The molecule has 0 aliphatic carbocycles. The summed E-state index contributed by atoms with van der Waals surface area (Å²) in [6.07, 6.45) is 0. The molecule has 0 saturated heterocycles. The van der Waals surface area contributed by atoms with Crippen molar-refractivity contribution in [2.45, 2.75) is 0 Å². The van der Waals surface area contributed by atoms with Gasteiger partial charge in [-0.15, -0.1) is 0 Å². The number of hydrogen-bond acceptors (Lipinski definition) is 4. The van der Waals surface area contributed by atoms with Gasteiger partial charge in [0, 0.05) is 32.7 Å². The number of nitrogens with zero attached hydrogens (tertiary/aromatic N) is 4. The molecule has 56 heavy (non-hydrogen) atoms. The first-order valence-electron chi connectivity index (χ1n) is 18.8. The quantitative estimate of drug-likeness (QED) is 0.172. The van der Waals surface area contributed by atoms with Crippen molar-refractivity contribution < 1.29 is 4.42 Å². The Kier molecular flexibility index (Phi) is 7.42. The van der Waals surface area contributed by atoms with E-state index in [0.717, 1.165) is 82.7 Å². The summed E-state index contributed by atoms with van der Waals surface area (Å²) in [5, 5.41) is 4.46. The summed E-state index contributed by atoms with van der Waals surface area (Å²) in [5.41, 5.74) is 12.4. The minimum atomic E-state index is 0.561. The zero-order valence-electron chi connectivity index (χ0n) is 30.2. The van der Waals surface area contributed by atoms with E-state index < -0.39 is 0 Å². The maximum Gasteiger partial charge on any atom is 0.238 e. The second kappa shape index (κ2) is 13.0. The average molecular weight is 717 g/mol. The van der Waals surface area contributed by atoms with Gasteiger partial charge in [0.1, 0.15) is 11.2 Å². The summed E-state index contributed by atoms with van der Waals surface area (Å²) in [6.45, 7) is 0. The van der Waals surface area contributed by atoms with Crippen molar-refractivity contribution in [3.8, 4) is 62.1 Å². The van der Waals surface area contributed by atoms with E-state index >= 15 is 0 Å². The third-order valence-corrected chi connectivity index (χ3v) is 10.7. The van der Waals surface area contributed by atoms with Crippen LogP contribution in [0.15, 0.2) is 199 Å². The number of furan rings is 1. The Labute approximate surface area is 322 Å². The normalized spacial score (nSPS) is 11.6. The molecule has 5 heteroatoms. The topological polar surface area (TPSA) is 56.7 Å². The van der Waals surface area contributed by atoms with E-state index in [0.29, 0.717) is 17.6 Å². The Balaban J connectivity index is 1.06. The van der Waals surface area contributed by atoms with Crippen LogP contribution in [0.1, 0.15) is 0 Å². The summed E-state index contributed by atoms with van der Waals surface area (Å²) in [5.74, 6) is 1.79. The largest absolute Gasteiger partial charge is 0.456 e. The van der Waals surface area contributed by atoms with Crippen molar-refractivity contribution in [1.82, 2.24) is 19.5 Å². The summed E-state index contributed by atoms with van der Waals surface area (Å²) in [7, 11) is 0. The first kappa shape index (κ1) is 31.9. The highest BCUT2D eigenvalue weighted by Crippen LogP contribution is 2.38. The molecule has 0 saturated carbocycles. The standard InChI is InChI=1S/C51H32N4O/c1-4-12-33(13-5-1)35-20-22-37(23-21-35)50-52-49(36-16-8-3-9-17-36)53-51(54-50)55-45-19-11-10-18-41(45)42-27-24-38(30-46(42)55)40-26-29-44-43-28-25-39(34-14-6-2-7-15-34)31-47(43)56-48(44)32-40/h1-32H. The molecule has 8 aromatic carbocycles. The van der Waals surface area contributed by atoms with Crippen LogP contribution in [-0.2, 0) is 0 Å². The third-order valence-electron chi connectivity index (χ3n) is 10.7. The number of fused-ring (bicyclic) bond motifs is 6. The van der Waals surface area contributed by atoms with Gasteiger partial charge in [-0.2, -0.15) is 9.97 Å². The second-order valence-electron chi connectivity index (χ2n) is 14.1. The lowest BCUT2D eigenvalue weighted by molar-refractivity contribution is 0.669. The molecule has 0 amide bonds. The van der Waals surface area contributed by atoms with Crippen LogP contribution in [0.25, 0.3) is 106 Å². The molecule has 3 aromatic heterocycles. The second-order valence-corrected chi connectivity index (χ2v) is 14.1. The molecule has 0 bridgehead atoms. The third kappa shape index (κ3) is 5.45. The van der Waals surface area contributed by atoms with Gasteiger partial charge in [0.15, 0.2) is 11.6 Å². The minimum absolute atomic E-state index is 0.561. The van der Waals surface area contributed by atoms with Crippen LogP contribution in [-0.4, -0.2) is 19.5 Å². The Morgan fingerprint density at radius 2 is 0.714 bits per heavy atom. The molecule has 262 valence electrons. The van der Waals surface area contributed by atoms with Crippen LogP contribution >= 0.6 is 0 Å². The van der Waals surface area contributed by atoms with Crippen LogP contribution in [0.2, 0.25) is 0 Å². The Morgan fingerprint density at radius 3 is 1.34 bits per heavy atom. The van der Waals surface area contributed by atoms with Crippen LogP contribution in [0.5, 0.6) is 0 Å². The molecule has 0 aliphatic rings. The monoisotopic (exact) mass is 716 g/mol. The lowest BCUT2D eigenvalue weighted by atomic mass is 10.0. The van der Waals surface area contributed by atoms with Gasteiger partial charge in [0.25, 0.3) is 0 Å². The van der Waals surface area contributed by atoms with Crippen molar-refractivity contribution in [2.75, 3.05) is 0 Å². The van der Waals surface area contributed by atoms with Crippen molar-refractivity contribution in [3.63, 3.8) is 0 Å². The SMILES string of the molecule is c1ccc(-c2ccc(-c3nc(-c4ccccc4)nc(-n4c5ccccc5c5ccc(-c6ccc7c(c6)oc6cc(-c8ccccc8)ccc67)cc54)n3)cc2)cc1. The molecule has 3 heterocycles. The van der Waals surface area contributed by atoms with Crippen molar-refractivity contribution >= 4 is 43.7 Å². The number of aromatic nitrogens is 4. The number of benzene rings is 8. The average Bonchev–Trinajstić information content (AvgIpc) is 3.81. The van der Waals surface area contributed by atoms with E-state index in [1.807, 2.05) is 42.5 Å². The number of para-hydroxylation sites is 1. The van der Waals surface area contributed by atoms with Crippen LogP contribution < -0.4 is 0 Å². The molecule has 0 N–H and O–H groups in total. The van der Waals surface area contributed by atoms with Crippen LogP contribution in [0.3, 0.4) is 0 Å². The zero-order valence-corrected chi connectivity index (χ0v) is 30.2. The van der Waals surface area contributed by atoms with Crippen molar-refractivity contribution in [3.05, 3.63) is 194 Å². The van der Waals surface area contributed by atoms with E-state index in [9.17, 15) is 0 Å². The molecule has 11 rings (SSSR count). The zero-order chi connectivity index (χ0) is 37.0. The highest BCUT2D eigenvalue weighted by molar-refractivity contribution is 6.11. The Hall–Kier alpha value is -7.63. The first-order valence-corrected chi connectivity index (χ1v) is 18.8. The molecular formula is C51H32N4O. The molecule has 0 radical (unpaired) electrons. The molecule has 0 spiro atoms. The van der Waals surface area contributed by atoms with E-state index in [1.165, 1.54) is 5.56 Å². The molecular weight excluding hydrogens is 685 g/mol. The van der Waals surface area contributed by atoms with Gasteiger partial charge in [-0.25, -0.2) is 4.98 Å². The van der Waals surface area contributed by atoms with E-state index in [-0.39, 0.29) is 0 Å². The molecule has 5 nitrogen and oxygen atoms in total. The molecule has 0 unspecified atom stereocenters. The van der Waals surface area contributed by atoms with Gasteiger partial charge in [0.2, 0.25) is 5.95 Å². The maximum atomic E-state index is 6.52. The molecule has 0 aliphatic heterocycles. The highest BCUT2D eigenvalue weighted by Gasteiger charge is 2.19. The van der Waals surface area contributed by atoms with Gasteiger partial charge < -0.3 is 4.42 Å². The van der Waals surface area contributed by atoms with Crippen LogP contribution in [0.4, 0.5) is 0 Å². The lowest BCUT2D eigenvalue weighted by Gasteiger charge is -2.12. The predicted molar refractivity (Wildman–Crippen MR) is 229 cm³/mol. The fraction of sp³-hybridized carbons (Fsp3) is 0. The summed E-state index contributed by atoms with van der Waals surface area (Å²) >= 11 is 0. The first-order chi connectivity index (χ1) is 27.7. The van der Waals surface area contributed by atoms with Gasteiger partial charge in [-0.1, -0.05) is 158 Å². The summed E-state index contributed by atoms with van der Waals surface area (Å²) in [4.78, 5) is 15.4. The van der Waals surface area contributed by atoms with Gasteiger partial charge in [-0.05, 0) is 69.8 Å². The Morgan fingerprint density at radius 1 is 0.304 bits per heavy atom. The van der Waals surface area contributed by atoms with Gasteiger partial charge in [0.05, 0.1) is 11.0 Å².